The average Bonchev–Trinajstić information content (AvgIpc) is 3.51. The highest BCUT2D eigenvalue weighted by Crippen LogP contribution is 2.27. The van der Waals surface area contributed by atoms with E-state index in [1.165, 1.54) is 29.4 Å². The van der Waals surface area contributed by atoms with Gasteiger partial charge >= 0.3 is 0 Å². The molecular weight excluding hydrogens is 1050 g/mol. The summed E-state index contributed by atoms with van der Waals surface area (Å²) in [5, 5.41) is 3.17. The van der Waals surface area contributed by atoms with Crippen LogP contribution < -0.4 is 22.5 Å². The number of unbranched alkanes of at least 4 members (excludes halogenated alkanes) is 2. The molecule has 0 aromatic heterocycles. The van der Waals surface area contributed by atoms with Crippen LogP contribution in [0, 0.1) is 0 Å². The lowest BCUT2D eigenvalue weighted by Crippen LogP contribution is -2.54. The summed E-state index contributed by atoms with van der Waals surface area (Å²) in [6.45, 7) is 13.4. The first-order valence-corrected chi connectivity index (χ1v) is 29.4. The molecule has 0 aliphatic carbocycles. The number of amides is 8. The molecule has 8 amide bonds. The minimum absolute atomic E-state index is 0.0392. The molecule has 0 unspecified atom stereocenters. The van der Waals surface area contributed by atoms with Gasteiger partial charge in [0.2, 0.25) is 47.3 Å². The van der Waals surface area contributed by atoms with Crippen LogP contribution in [-0.4, -0.2) is 172 Å². The number of carbonyl (C=O) groups excluding carboxylic acids is 8. The number of hydrogen-bond donors (Lipinski definition) is 4. The van der Waals surface area contributed by atoms with Crippen molar-refractivity contribution in [2.75, 3.05) is 78.5 Å². The van der Waals surface area contributed by atoms with Gasteiger partial charge in [-0.2, -0.15) is 0 Å². The largest absolute Gasteiger partial charge is 0.368 e. The standard InChI is InChI=1S/C64H93N11O8/c1-9-47(3)70(58(77)39-68-37-25-23-35-65)43-61(80)71(48(4)10-2)44-62(81)75(52(8)56-33-21-14-22-34-56)46-64(83)73(50(6)54-29-17-12-18-30-54)42-59(78)69(38-26-24-36-66)41-60(79)74(51(7)55-31-19-13-20-32-55)45-63(82)72(40-57(67)76)49(5)53-27-15-11-16-28-53/h11-22,27-34,47-52,68H,9-10,23-26,35-46,65-66H2,1-8H3,(H2,67,76)/t47-,48-,49-,50-,51-,52-/m0/s1. The zero-order valence-electron chi connectivity index (χ0n) is 50.4. The van der Waals surface area contributed by atoms with Gasteiger partial charge in [0.05, 0.1) is 43.8 Å². The van der Waals surface area contributed by atoms with Crippen molar-refractivity contribution in [2.45, 2.75) is 130 Å². The van der Waals surface area contributed by atoms with E-state index in [1.54, 1.807) is 25.7 Å². The first-order valence-electron chi connectivity index (χ1n) is 29.4. The minimum atomic E-state index is -0.729. The van der Waals surface area contributed by atoms with E-state index in [9.17, 15) is 19.2 Å². The Balaban J connectivity index is 1.73. The summed E-state index contributed by atoms with van der Waals surface area (Å²) < 4.78 is 0. The smallest absolute Gasteiger partial charge is 0.243 e. The van der Waals surface area contributed by atoms with Gasteiger partial charge in [0.1, 0.15) is 32.7 Å². The van der Waals surface area contributed by atoms with E-state index >= 15 is 19.2 Å². The maximum Gasteiger partial charge on any atom is 0.243 e. The van der Waals surface area contributed by atoms with Gasteiger partial charge in [-0.25, -0.2) is 0 Å². The van der Waals surface area contributed by atoms with Crippen molar-refractivity contribution in [3.63, 3.8) is 0 Å². The van der Waals surface area contributed by atoms with E-state index in [2.05, 4.69) is 5.32 Å². The van der Waals surface area contributed by atoms with Gasteiger partial charge in [0.15, 0.2) is 0 Å². The van der Waals surface area contributed by atoms with Crippen molar-refractivity contribution in [1.29, 1.82) is 0 Å². The summed E-state index contributed by atoms with van der Waals surface area (Å²) in [5.41, 5.74) is 20.2. The zero-order valence-corrected chi connectivity index (χ0v) is 50.4. The van der Waals surface area contributed by atoms with E-state index < -0.39 is 111 Å². The second kappa shape index (κ2) is 35.5. The van der Waals surface area contributed by atoms with Crippen LogP contribution >= 0.6 is 0 Å². The van der Waals surface area contributed by atoms with Crippen molar-refractivity contribution in [3.8, 4) is 0 Å². The Morgan fingerprint density at radius 1 is 0.386 bits per heavy atom. The Kier molecular flexibility index (Phi) is 29.1. The van der Waals surface area contributed by atoms with E-state index in [1.807, 2.05) is 156 Å². The number of primary amides is 1. The zero-order chi connectivity index (χ0) is 61.0. The second-order valence-electron chi connectivity index (χ2n) is 21.4. The highest BCUT2D eigenvalue weighted by atomic mass is 16.2. The fourth-order valence-corrected chi connectivity index (χ4v) is 9.87. The molecular formula is C64H93N11O8. The van der Waals surface area contributed by atoms with Crippen molar-refractivity contribution < 1.29 is 38.4 Å². The molecule has 4 aromatic carbocycles. The van der Waals surface area contributed by atoms with Crippen molar-refractivity contribution in [1.82, 2.24) is 39.6 Å². The summed E-state index contributed by atoms with van der Waals surface area (Å²) in [6, 6.07) is 33.4. The molecule has 0 saturated carbocycles. The molecule has 0 spiro atoms. The van der Waals surface area contributed by atoms with Gasteiger partial charge in [-0.15, -0.1) is 0 Å². The van der Waals surface area contributed by atoms with Crippen LogP contribution in [0.4, 0.5) is 0 Å². The molecule has 4 rings (SSSR count). The Morgan fingerprint density at radius 2 is 0.687 bits per heavy atom. The lowest BCUT2D eigenvalue weighted by molar-refractivity contribution is -0.151. The Bertz CT molecular complexity index is 2650. The van der Waals surface area contributed by atoms with E-state index in [4.69, 9.17) is 17.2 Å². The molecule has 7 N–H and O–H groups in total. The minimum Gasteiger partial charge on any atom is -0.368 e. The predicted octanol–water partition coefficient (Wildman–Crippen LogP) is 5.98. The molecule has 0 aliphatic rings. The number of nitrogens with zero attached hydrogens (tertiary/aromatic N) is 7. The first kappa shape index (κ1) is 68.0. The van der Waals surface area contributed by atoms with Gasteiger partial charge in [0.25, 0.3) is 0 Å². The van der Waals surface area contributed by atoms with E-state index in [-0.39, 0.29) is 31.6 Å². The lowest BCUT2D eigenvalue weighted by atomic mass is 10.0. The average molecular weight is 1140 g/mol. The fourth-order valence-electron chi connectivity index (χ4n) is 9.87. The molecule has 0 saturated heterocycles. The lowest BCUT2D eigenvalue weighted by Gasteiger charge is -2.38. The summed E-state index contributed by atoms with van der Waals surface area (Å²) >= 11 is 0. The van der Waals surface area contributed by atoms with Crippen LogP contribution in [0.25, 0.3) is 0 Å². The molecule has 0 bridgehead atoms. The molecule has 452 valence electrons. The van der Waals surface area contributed by atoms with Gasteiger partial charge in [-0.05, 0) is 122 Å². The van der Waals surface area contributed by atoms with Crippen LogP contribution in [0.5, 0.6) is 0 Å². The molecule has 19 heteroatoms. The van der Waals surface area contributed by atoms with Crippen LogP contribution in [0.3, 0.4) is 0 Å². The maximum absolute atomic E-state index is 15.4. The van der Waals surface area contributed by atoms with Gasteiger partial charge in [0, 0.05) is 18.6 Å². The Morgan fingerprint density at radius 3 is 1.04 bits per heavy atom. The first-order chi connectivity index (χ1) is 39.8. The van der Waals surface area contributed by atoms with Gasteiger partial charge < -0.3 is 56.8 Å². The third-order valence-electron chi connectivity index (χ3n) is 15.7. The molecule has 0 aliphatic heterocycles. The van der Waals surface area contributed by atoms with E-state index in [0.717, 1.165) is 29.5 Å². The number of carbonyl (C=O) groups is 8. The molecule has 0 heterocycles. The molecule has 0 fully saturated rings. The number of hydrogen-bond acceptors (Lipinski definition) is 11. The Labute approximate surface area is 492 Å². The SMILES string of the molecule is CC[C@H](C)N(CC(=O)N(CC(=O)N(CC(=O)N(CC(=O)N(CCCCN)CC(=O)N(CC(=O)N(CC(N)=O)[C@@H](C)c1ccccc1)[C@@H](C)c1ccccc1)[C@@H](C)c1ccccc1)[C@@H](C)c1ccccc1)[C@@H](C)CC)C(=O)CNCCCCN. The summed E-state index contributed by atoms with van der Waals surface area (Å²) in [6.07, 6.45) is 3.66. The van der Waals surface area contributed by atoms with E-state index in [0.29, 0.717) is 50.9 Å². The third-order valence-corrected chi connectivity index (χ3v) is 15.7. The van der Waals surface area contributed by atoms with Crippen LogP contribution in [0.15, 0.2) is 121 Å². The highest BCUT2D eigenvalue weighted by Gasteiger charge is 2.36. The van der Waals surface area contributed by atoms with Crippen LogP contribution in [-0.2, 0) is 38.4 Å². The van der Waals surface area contributed by atoms with Crippen LogP contribution in [0.1, 0.15) is 140 Å². The van der Waals surface area contributed by atoms with Crippen molar-refractivity contribution >= 4 is 47.3 Å². The van der Waals surface area contributed by atoms with Gasteiger partial charge in [-0.1, -0.05) is 135 Å². The van der Waals surface area contributed by atoms with Gasteiger partial charge in [-0.3, -0.25) is 38.4 Å². The normalized spacial score (nSPS) is 13.3. The Hall–Kier alpha value is -7.48. The second-order valence-corrected chi connectivity index (χ2v) is 21.4. The molecule has 0 radical (unpaired) electrons. The molecule has 4 aromatic rings. The summed E-state index contributed by atoms with van der Waals surface area (Å²) in [5.74, 6) is -4.13. The fraction of sp³-hybridized carbons (Fsp3) is 0.500. The topological polar surface area (TPSA) is 249 Å². The third kappa shape index (κ3) is 21.0. The predicted molar refractivity (Wildman–Crippen MR) is 324 cm³/mol. The highest BCUT2D eigenvalue weighted by molar-refractivity contribution is 5.94. The molecule has 6 atom stereocenters. The quantitative estimate of drug-likeness (QED) is 0.0386. The van der Waals surface area contributed by atoms with Crippen molar-refractivity contribution in [3.05, 3.63) is 144 Å². The summed E-state index contributed by atoms with van der Waals surface area (Å²) in [7, 11) is 0. The van der Waals surface area contributed by atoms with Crippen molar-refractivity contribution in [2.24, 2.45) is 17.2 Å². The van der Waals surface area contributed by atoms with Crippen LogP contribution in [0.2, 0.25) is 0 Å². The number of nitrogens with one attached hydrogen (secondary N) is 1. The molecule has 83 heavy (non-hydrogen) atoms. The number of nitrogens with two attached hydrogens (primary N) is 3. The monoisotopic (exact) mass is 1140 g/mol. The number of rotatable bonds is 36. The maximum atomic E-state index is 15.4. The molecule has 19 nitrogen and oxygen atoms in total. The number of benzene rings is 4. The summed E-state index contributed by atoms with van der Waals surface area (Å²) in [4.78, 5) is 126.